The molecular formula is C20H20ClFN6O. The fourth-order valence-electron chi connectivity index (χ4n) is 3.32. The van der Waals surface area contributed by atoms with Gasteiger partial charge in [-0.1, -0.05) is 35.9 Å². The number of hydrogen-bond acceptors (Lipinski definition) is 5. The maximum absolute atomic E-state index is 13.3. The predicted molar refractivity (Wildman–Crippen MR) is 107 cm³/mol. The minimum Gasteiger partial charge on any atom is -0.338 e. The first-order chi connectivity index (χ1) is 14.1. The summed E-state index contributed by atoms with van der Waals surface area (Å²) in [5, 5.41) is 12.8. The van der Waals surface area contributed by atoms with Crippen LogP contribution in [0, 0.1) is 5.82 Å². The van der Waals surface area contributed by atoms with Crippen LogP contribution in [-0.4, -0.2) is 62.1 Å². The molecule has 29 heavy (non-hydrogen) atoms. The van der Waals surface area contributed by atoms with Gasteiger partial charge in [0.1, 0.15) is 12.4 Å². The molecule has 1 aliphatic heterocycles. The van der Waals surface area contributed by atoms with E-state index in [-0.39, 0.29) is 18.3 Å². The first kappa shape index (κ1) is 19.5. The molecule has 0 unspecified atom stereocenters. The normalized spacial score (nSPS) is 14.9. The summed E-state index contributed by atoms with van der Waals surface area (Å²) in [5.41, 5.74) is 1.69. The Morgan fingerprint density at radius 2 is 1.86 bits per heavy atom. The Morgan fingerprint density at radius 3 is 2.62 bits per heavy atom. The molecule has 0 atom stereocenters. The Labute approximate surface area is 172 Å². The quantitative estimate of drug-likeness (QED) is 0.641. The number of halogens is 2. The van der Waals surface area contributed by atoms with Crippen molar-refractivity contribution in [3.8, 4) is 11.4 Å². The maximum Gasteiger partial charge on any atom is 0.246 e. The van der Waals surface area contributed by atoms with Crippen LogP contribution in [0.1, 0.15) is 5.56 Å². The van der Waals surface area contributed by atoms with Crippen molar-refractivity contribution in [2.45, 2.75) is 13.1 Å². The summed E-state index contributed by atoms with van der Waals surface area (Å²) >= 11 is 6.04. The summed E-state index contributed by atoms with van der Waals surface area (Å²) in [5.74, 6) is -0.134. The van der Waals surface area contributed by atoms with E-state index in [1.165, 1.54) is 16.9 Å². The van der Waals surface area contributed by atoms with Gasteiger partial charge in [-0.15, -0.1) is 10.2 Å². The van der Waals surface area contributed by atoms with Crippen LogP contribution in [0.25, 0.3) is 11.4 Å². The van der Waals surface area contributed by atoms with E-state index in [2.05, 4.69) is 26.4 Å². The van der Waals surface area contributed by atoms with Crippen LogP contribution in [0.15, 0.2) is 48.5 Å². The van der Waals surface area contributed by atoms with E-state index < -0.39 is 0 Å². The third-order valence-electron chi connectivity index (χ3n) is 4.83. The van der Waals surface area contributed by atoms with Crippen molar-refractivity contribution >= 4 is 17.5 Å². The Kier molecular flexibility index (Phi) is 5.82. The largest absolute Gasteiger partial charge is 0.338 e. The molecule has 0 spiro atoms. The lowest BCUT2D eigenvalue weighted by Gasteiger charge is -2.34. The maximum atomic E-state index is 13.3. The molecular weight excluding hydrogens is 395 g/mol. The van der Waals surface area contributed by atoms with E-state index >= 15 is 0 Å². The number of hydrogen-bond donors (Lipinski definition) is 0. The third kappa shape index (κ3) is 4.96. The van der Waals surface area contributed by atoms with Crippen LogP contribution in [0.5, 0.6) is 0 Å². The molecule has 1 aromatic heterocycles. The first-order valence-electron chi connectivity index (χ1n) is 9.35. The fourth-order valence-corrected chi connectivity index (χ4v) is 3.54. The van der Waals surface area contributed by atoms with Crippen molar-refractivity contribution < 1.29 is 9.18 Å². The number of carbonyl (C=O) groups is 1. The second-order valence-corrected chi connectivity index (χ2v) is 7.38. The zero-order valence-electron chi connectivity index (χ0n) is 15.7. The van der Waals surface area contributed by atoms with Crippen molar-refractivity contribution in [1.82, 2.24) is 30.0 Å². The van der Waals surface area contributed by atoms with Crippen molar-refractivity contribution in [2.75, 3.05) is 26.2 Å². The molecule has 0 bridgehead atoms. The van der Waals surface area contributed by atoms with Gasteiger partial charge < -0.3 is 4.90 Å². The summed E-state index contributed by atoms with van der Waals surface area (Å²) < 4.78 is 13.3. The van der Waals surface area contributed by atoms with E-state index in [9.17, 15) is 9.18 Å². The Bertz CT molecular complexity index is 1000. The van der Waals surface area contributed by atoms with Crippen molar-refractivity contribution in [1.29, 1.82) is 0 Å². The number of tetrazole rings is 1. The van der Waals surface area contributed by atoms with Gasteiger partial charge in [-0.25, -0.2) is 4.39 Å². The second kappa shape index (κ2) is 8.67. The summed E-state index contributed by atoms with van der Waals surface area (Å²) in [6.45, 7) is 3.69. The van der Waals surface area contributed by atoms with Gasteiger partial charge in [0.15, 0.2) is 0 Å². The van der Waals surface area contributed by atoms with E-state index in [4.69, 9.17) is 11.6 Å². The Balaban J connectivity index is 1.30. The highest BCUT2D eigenvalue weighted by atomic mass is 35.5. The zero-order valence-corrected chi connectivity index (χ0v) is 16.5. The minimum atomic E-state index is -0.370. The molecule has 7 nitrogen and oxygen atoms in total. The van der Waals surface area contributed by atoms with Crippen LogP contribution < -0.4 is 0 Å². The fraction of sp³-hybridized carbons (Fsp3) is 0.300. The van der Waals surface area contributed by atoms with Gasteiger partial charge in [-0.05, 0) is 35.0 Å². The summed E-state index contributed by atoms with van der Waals surface area (Å²) in [7, 11) is 0. The molecule has 0 N–H and O–H groups in total. The standard InChI is InChI=1S/C20H20ClFN6O/c21-17-5-1-3-15(11-17)13-26-7-9-27(10-8-26)19(29)14-28-24-20(23-25-28)16-4-2-6-18(22)12-16/h1-6,11-12H,7-10,13-14H2. The van der Waals surface area contributed by atoms with E-state index in [1.54, 1.807) is 17.0 Å². The number of amides is 1. The van der Waals surface area contributed by atoms with Crippen molar-refractivity contribution in [2.24, 2.45) is 0 Å². The molecule has 1 fully saturated rings. The molecule has 4 rings (SSSR count). The number of carbonyl (C=O) groups excluding carboxylic acids is 1. The van der Waals surface area contributed by atoms with Crippen LogP contribution >= 0.6 is 11.6 Å². The molecule has 0 aliphatic carbocycles. The van der Waals surface area contributed by atoms with Crippen LogP contribution in [0.4, 0.5) is 4.39 Å². The Morgan fingerprint density at radius 1 is 1.07 bits per heavy atom. The van der Waals surface area contributed by atoms with Crippen molar-refractivity contribution in [3.05, 3.63) is 64.9 Å². The second-order valence-electron chi connectivity index (χ2n) is 6.94. The molecule has 3 aromatic rings. The Hall–Kier alpha value is -2.84. The minimum absolute atomic E-state index is 0.0105. The van der Waals surface area contributed by atoms with E-state index in [0.717, 1.165) is 30.2 Å². The van der Waals surface area contributed by atoms with Crippen LogP contribution in [0.3, 0.4) is 0 Å². The van der Waals surface area contributed by atoms with Gasteiger partial charge in [-0.3, -0.25) is 9.69 Å². The number of benzene rings is 2. The highest BCUT2D eigenvalue weighted by Gasteiger charge is 2.22. The van der Waals surface area contributed by atoms with Gasteiger partial charge in [0.25, 0.3) is 0 Å². The van der Waals surface area contributed by atoms with E-state index in [0.29, 0.717) is 24.5 Å². The summed E-state index contributed by atoms with van der Waals surface area (Å²) in [4.78, 5) is 17.9. The molecule has 1 amide bonds. The number of rotatable bonds is 5. The van der Waals surface area contributed by atoms with Gasteiger partial charge in [0.2, 0.25) is 11.7 Å². The average Bonchev–Trinajstić information content (AvgIpc) is 3.17. The molecule has 150 valence electrons. The van der Waals surface area contributed by atoms with Gasteiger partial charge in [0, 0.05) is 43.3 Å². The average molecular weight is 415 g/mol. The predicted octanol–water partition coefficient (Wildman–Crippen LogP) is 2.48. The molecule has 0 saturated carbocycles. The van der Waals surface area contributed by atoms with Crippen molar-refractivity contribution in [3.63, 3.8) is 0 Å². The molecule has 0 radical (unpaired) electrons. The van der Waals surface area contributed by atoms with Gasteiger partial charge in [0.05, 0.1) is 0 Å². The number of aromatic nitrogens is 4. The van der Waals surface area contributed by atoms with Gasteiger partial charge >= 0.3 is 0 Å². The summed E-state index contributed by atoms with van der Waals surface area (Å²) in [6, 6.07) is 13.8. The lowest BCUT2D eigenvalue weighted by atomic mass is 10.2. The lowest BCUT2D eigenvalue weighted by molar-refractivity contribution is -0.134. The van der Waals surface area contributed by atoms with Gasteiger partial charge in [-0.2, -0.15) is 4.80 Å². The molecule has 9 heteroatoms. The monoisotopic (exact) mass is 414 g/mol. The van der Waals surface area contributed by atoms with Crippen LogP contribution in [-0.2, 0) is 17.9 Å². The van der Waals surface area contributed by atoms with Crippen LogP contribution in [0.2, 0.25) is 5.02 Å². The molecule has 2 heterocycles. The molecule has 1 aliphatic rings. The molecule has 1 saturated heterocycles. The highest BCUT2D eigenvalue weighted by molar-refractivity contribution is 6.30. The summed E-state index contributed by atoms with van der Waals surface area (Å²) in [6.07, 6.45) is 0. The molecule has 2 aromatic carbocycles. The third-order valence-corrected chi connectivity index (χ3v) is 5.07. The smallest absolute Gasteiger partial charge is 0.246 e. The first-order valence-corrected chi connectivity index (χ1v) is 9.73. The number of nitrogens with zero attached hydrogens (tertiary/aromatic N) is 6. The SMILES string of the molecule is O=C(Cn1nnc(-c2cccc(F)c2)n1)N1CCN(Cc2cccc(Cl)c2)CC1. The zero-order chi connectivity index (χ0) is 20.2. The topological polar surface area (TPSA) is 67.2 Å². The lowest BCUT2D eigenvalue weighted by Crippen LogP contribution is -2.49. The van der Waals surface area contributed by atoms with E-state index in [1.807, 2.05) is 18.2 Å². The highest BCUT2D eigenvalue weighted by Crippen LogP contribution is 2.15. The number of piperazine rings is 1.